The first-order valence-electron chi connectivity index (χ1n) is 7.90. The molecular weight excluding hydrogens is 357 g/mol. The fourth-order valence-corrected chi connectivity index (χ4v) is 2.93. The molecule has 0 aromatic heterocycles. The predicted molar refractivity (Wildman–Crippen MR) is 107 cm³/mol. The van der Waals surface area contributed by atoms with Crippen molar-refractivity contribution < 1.29 is 14.2 Å². The van der Waals surface area contributed by atoms with Crippen LogP contribution in [0.2, 0.25) is 0 Å². The van der Waals surface area contributed by atoms with Gasteiger partial charge in [0.2, 0.25) is 0 Å². The topological polar surface area (TPSA) is 55.5 Å². The zero-order chi connectivity index (χ0) is 18.8. The number of anilines is 1. The Morgan fingerprint density at radius 1 is 1.12 bits per heavy atom. The number of hydrogen-bond acceptors (Lipinski definition) is 5. The van der Waals surface area contributed by atoms with Gasteiger partial charge in [-0.25, -0.2) is 4.39 Å². The zero-order valence-corrected chi connectivity index (χ0v) is 16.5. The number of halogens is 1. The van der Waals surface area contributed by atoms with Crippen molar-refractivity contribution in [1.29, 1.82) is 0 Å². The second-order valence-corrected chi connectivity index (χ2v) is 8.98. The lowest BCUT2D eigenvalue weighted by Crippen LogP contribution is -2.26. The first-order valence-corrected chi connectivity index (χ1v) is 9.77. The van der Waals surface area contributed by atoms with Gasteiger partial charge >= 0.3 is 0 Å². The summed E-state index contributed by atoms with van der Waals surface area (Å²) in [6, 6.07) is 10.0. The van der Waals surface area contributed by atoms with Gasteiger partial charge in [-0.05, 0) is 49.2 Å². The minimum absolute atomic E-state index is 0.200. The summed E-state index contributed by atoms with van der Waals surface area (Å²) in [5.74, 6) is -0.318. The Kier molecular flexibility index (Phi) is 5.84. The molecule has 0 aliphatic rings. The van der Waals surface area contributed by atoms with Crippen LogP contribution in [0.4, 0.5) is 10.1 Å². The monoisotopic (exact) mass is 381 g/mol. The molecular formula is C19H24FNO2S2. The van der Waals surface area contributed by atoms with E-state index in [2.05, 4.69) is 25.5 Å². The highest BCUT2D eigenvalue weighted by atomic mass is 33.1. The number of rotatable bonds is 6. The highest BCUT2D eigenvalue weighted by Gasteiger charge is 2.24. The highest BCUT2D eigenvalue weighted by molar-refractivity contribution is 8.69. The number of nitrogen functional groups attached to an aromatic ring is 1. The van der Waals surface area contributed by atoms with Crippen LogP contribution in [0.5, 0.6) is 11.5 Å². The summed E-state index contributed by atoms with van der Waals surface area (Å²) in [5.41, 5.74) is 8.04. The van der Waals surface area contributed by atoms with E-state index in [1.807, 2.05) is 26.0 Å². The predicted octanol–water partition coefficient (Wildman–Crippen LogP) is 5.28. The van der Waals surface area contributed by atoms with Gasteiger partial charge in [-0.1, -0.05) is 30.7 Å². The molecule has 0 bridgehead atoms. The number of aromatic hydroxyl groups is 1. The lowest BCUT2D eigenvalue weighted by atomic mass is 9.85. The summed E-state index contributed by atoms with van der Waals surface area (Å²) in [6.45, 7) is 8.43. The Balaban J connectivity index is 2.21. The molecule has 3 nitrogen and oxygen atoms in total. The molecule has 136 valence electrons. The number of thiol groups is 1. The van der Waals surface area contributed by atoms with Gasteiger partial charge in [0.15, 0.2) is 11.6 Å². The molecule has 0 radical (unpaired) electrons. The maximum atomic E-state index is 13.3. The van der Waals surface area contributed by atoms with Crippen molar-refractivity contribution in [2.45, 2.75) is 37.9 Å². The number of phenolic OH excluding ortho intramolecular Hbond substituents is 1. The molecule has 0 unspecified atom stereocenters. The third-order valence-corrected chi connectivity index (χ3v) is 6.24. The van der Waals surface area contributed by atoms with Gasteiger partial charge in [0, 0.05) is 21.9 Å². The average molecular weight is 382 g/mol. The van der Waals surface area contributed by atoms with Crippen molar-refractivity contribution in [3.8, 4) is 11.5 Å². The summed E-state index contributed by atoms with van der Waals surface area (Å²) >= 11 is 4.33. The molecule has 2 rings (SSSR count). The molecule has 3 N–H and O–H groups in total. The Morgan fingerprint density at radius 3 is 2.40 bits per heavy atom. The number of nitrogens with two attached hydrogens (primary N) is 1. The lowest BCUT2D eigenvalue weighted by molar-refractivity contribution is 0.240. The van der Waals surface area contributed by atoms with Crippen molar-refractivity contribution in [3.63, 3.8) is 0 Å². The van der Waals surface area contributed by atoms with Gasteiger partial charge in [0.25, 0.3) is 0 Å². The summed E-state index contributed by atoms with van der Waals surface area (Å²) in [5, 5.41) is 9.60. The van der Waals surface area contributed by atoms with Crippen LogP contribution >= 0.6 is 22.5 Å². The number of hydrogen-bond donors (Lipinski definition) is 3. The van der Waals surface area contributed by atoms with Gasteiger partial charge in [-0.15, -0.1) is 11.7 Å². The van der Waals surface area contributed by atoms with Crippen molar-refractivity contribution >= 4 is 28.1 Å². The van der Waals surface area contributed by atoms with Crippen LogP contribution in [0.25, 0.3) is 0 Å². The van der Waals surface area contributed by atoms with E-state index in [-0.39, 0.29) is 10.5 Å². The maximum absolute atomic E-state index is 13.3. The van der Waals surface area contributed by atoms with Crippen LogP contribution in [0.3, 0.4) is 0 Å². The van der Waals surface area contributed by atoms with E-state index in [1.54, 1.807) is 12.1 Å². The van der Waals surface area contributed by atoms with E-state index < -0.39 is 11.2 Å². The zero-order valence-electron chi connectivity index (χ0n) is 14.8. The van der Waals surface area contributed by atoms with Crippen LogP contribution in [0.15, 0.2) is 36.4 Å². The van der Waals surface area contributed by atoms with Crippen molar-refractivity contribution in [2.75, 3.05) is 12.3 Å². The molecule has 0 atom stereocenters. The Labute approximate surface area is 157 Å². The second-order valence-electron chi connectivity index (χ2n) is 7.23. The summed E-state index contributed by atoms with van der Waals surface area (Å²) < 4.78 is 19.0. The SMILES string of the molecule is CC(C)(COc1cc(N)cc(C(C)(C)SS)c1)c1ccc(F)c(O)c1. The van der Waals surface area contributed by atoms with Crippen LogP contribution in [0.1, 0.15) is 38.8 Å². The Bertz CT molecular complexity index is 763. The molecule has 25 heavy (non-hydrogen) atoms. The fourth-order valence-electron chi connectivity index (χ4n) is 2.39. The van der Waals surface area contributed by atoms with Crippen LogP contribution in [-0.2, 0) is 10.2 Å². The van der Waals surface area contributed by atoms with E-state index in [1.165, 1.54) is 22.9 Å². The number of ether oxygens (including phenoxy) is 1. The summed E-state index contributed by atoms with van der Waals surface area (Å²) in [7, 11) is 1.44. The Hall–Kier alpha value is -1.53. The number of benzene rings is 2. The van der Waals surface area contributed by atoms with Crippen LogP contribution in [-0.4, -0.2) is 11.7 Å². The molecule has 0 saturated heterocycles. The van der Waals surface area contributed by atoms with Crippen LogP contribution in [0, 0.1) is 5.82 Å². The fraction of sp³-hybridized carbons (Fsp3) is 0.368. The highest BCUT2D eigenvalue weighted by Crippen LogP contribution is 2.40. The van der Waals surface area contributed by atoms with E-state index >= 15 is 0 Å². The van der Waals surface area contributed by atoms with E-state index in [9.17, 15) is 9.50 Å². The standard InChI is InChI=1S/C19H24FNO2S2/c1-18(2,12-5-6-16(20)17(22)9-12)11-23-15-8-13(7-14(21)10-15)19(3,4)25-24/h5-10,22,24H,11,21H2,1-4H3. The van der Waals surface area contributed by atoms with Gasteiger partial charge in [0.05, 0.1) is 6.61 Å². The third-order valence-electron chi connectivity index (χ3n) is 4.18. The van der Waals surface area contributed by atoms with Gasteiger partial charge in [-0.2, -0.15) is 0 Å². The molecule has 0 amide bonds. The summed E-state index contributed by atoms with van der Waals surface area (Å²) in [4.78, 5) is 0. The van der Waals surface area contributed by atoms with E-state index in [4.69, 9.17) is 10.5 Å². The molecule has 0 aliphatic heterocycles. The molecule has 0 fully saturated rings. The Morgan fingerprint density at radius 2 is 1.80 bits per heavy atom. The first kappa shape index (κ1) is 19.8. The third kappa shape index (κ3) is 4.76. The first-order chi connectivity index (χ1) is 11.5. The minimum Gasteiger partial charge on any atom is -0.505 e. The molecule has 0 heterocycles. The molecule has 0 saturated carbocycles. The molecule has 6 heteroatoms. The van der Waals surface area contributed by atoms with Crippen molar-refractivity contribution in [3.05, 3.63) is 53.3 Å². The quantitative estimate of drug-likeness (QED) is 0.362. The van der Waals surface area contributed by atoms with Crippen LogP contribution < -0.4 is 10.5 Å². The second kappa shape index (κ2) is 7.38. The van der Waals surface area contributed by atoms with Gasteiger partial charge in [-0.3, -0.25) is 0 Å². The van der Waals surface area contributed by atoms with E-state index in [0.29, 0.717) is 18.0 Å². The molecule has 0 spiro atoms. The smallest absolute Gasteiger partial charge is 0.164 e. The van der Waals surface area contributed by atoms with E-state index in [0.717, 1.165) is 11.1 Å². The summed E-state index contributed by atoms with van der Waals surface area (Å²) in [6.07, 6.45) is 0. The van der Waals surface area contributed by atoms with Gasteiger partial charge < -0.3 is 15.6 Å². The lowest BCUT2D eigenvalue weighted by Gasteiger charge is -2.27. The van der Waals surface area contributed by atoms with Crippen molar-refractivity contribution in [1.82, 2.24) is 0 Å². The molecule has 2 aromatic rings. The van der Waals surface area contributed by atoms with Gasteiger partial charge in [0.1, 0.15) is 5.75 Å². The molecule has 2 aromatic carbocycles. The minimum atomic E-state index is -0.632. The average Bonchev–Trinajstić information content (AvgIpc) is 2.55. The largest absolute Gasteiger partial charge is 0.505 e. The number of phenols is 1. The normalized spacial score (nSPS) is 12.2. The maximum Gasteiger partial charge on any atom is 0.164 e. The van der Waals surface area contributed by atoms with Crippen molar-refractivity contribution in [2.24, 2.45) is 0 Å². The molecule has 0 aliphatic carbocycles.